The molecule has 0 aliphatic heterocycles. The molecule has 0 saturated carbocycles. The van der Waals surface area contributed by atoms with E-state index in [1.54, 1.807) is 17.6 Å². The third-order valence-electron chi connectivity index (χ3n) is 2.21. The Morgan fingerprint density at radius 3 is 2.80 bits per heavy atom. The Kier molecular flexibility index (Phi) is 2.01. The van der Waals surface area contributed by atoms with Crippen LogP contribution < -0.4 is 0 Å². The van der Waals surface area contributed by atoms with Crippen molar-refractivity contribution in [1.29, 1.82) is 0 Å². The first kappa shape index (κ1) is 8.95. The molecule has 1 aromatic carbocycles. The standard InChI is InChI=1S/C11H6ClNOS/c12-10-7-3-1-2-4-9(7)15-11(10)8-5-6-14-13-8/h1-6H. The van der Waals surface area contributed by atoms with Crippen LogP contribution in [0.15, 0.2) is 41.1 Å². The first-order valence-electron chi connectivity index (χ1n) is 4.44. The van der Waals surface area contributed by atoms with E-state index in [0.717, 1.165) is 21.0 Å². The maximum absolute atomic E-state index is 6.28. The molecule has 0 N–H and O–H groups in total. The van der Waals surface area contributed by atoms with Crippen LogP contribution in [0.1, 0.15) is 0 Å². The van der Waals surface area contributed by atoms with Crippen molar-refractivity contribution in [2.24, 2.45) is 0 Å². The van der Waals surface area contributed by atoms with Crippen molar-refractivity contribution in [2.75, 3.05) is 0 Å². The fourth-order valence-electron chi connectivity index (χ4n) is 1.51. The van der Waals surface area contributed by atoms with E-state index in [1.165, 1.54) is 4.70 Å². The van der Waals surface area contributed by atoms with Gasteiger partial charge in [-0.15, -0.1) is 11.3 Å². The highest BCUT2D eigenvalue weighted by atomic mass is 35.5. The quantitative estimate of drug-likeness (QED) is 0.632. The van der Waals surface area contributed by atoms with E-state index >= 15 is 0 Å². The third-order valence-corrected chi connectivity index (χ3v) is 3.90. The summed E-state index contributed by atoms with van der Waals surface area (Å²) >= 11 is 7.90. The van der Waals surface area contributed by atoms with Gasteiger partial charge in [-0.2, -0.15) is 0 Å². The average molecular weight is 236 g/mol. The molecule has 0 aliphatic rings. The van der Waals surface area contributed by atoms with E-state index in [4.69, 9.17) is 16.1 Å². The Morgan fingerprint density at radius 2 is 2.07 bits per heavy atom. The van der Waals surface area contributed by atoms with Crippen LogP contribution in [0.5, 0.6) is 0 Å². The van der Waals surface area contributed by atoms with Crippen molar-refractivity contribution in [3.8, 4) is 10.6 Å². The van der Waals surface area contributed by atoms with Gasteiger partial charge in [-0.1, -0.05) is 35.0 Å². The van der Waals surface area contributed by atoms with Gasteiger partial charge in [-0.25, -0.2) is 0 Å². The SMILES string of the molecule is Clc1c(-c2ccon2)sc2ccccc12. The van der Waals surface area contributed by atoms with Gasteiger partial charge >= 0.3 is 0 Å². The topological polar surface area (TPSA) is 26.0 Å². The number of hydrogen-bond donors (Lipinski definition) is 0. The van der Waals surface area contributed by atoms with E-state index in [1.807, 2.05) is 24.3 Å². The lowest BCUT2D eigenvalue weighted by Crippen LogP contribution is -1.70. The summed E-state index contributed by atoms with van der Waals surface area (Å²) in [4.78, 5) is 0.964. The lowest BCUT2D eigenvalue weighted by atomic mass is 10.2. The number of rotatable bonds is 1. The minimum Gasteiger partial charge on any atom is -0.364 e. The average Bonchev–Trinajstić information content (AvgIpc) is 2.87. The lowest BCUT2D eigenvalue weighted by molar-refractivity contribution is 0.422. The second kappa shape index (κ2) is 3.36. The van der Waals surface area contributed by atoms with Gasteiger partial charge in [0, 0.05) is 16.2 Å². The predicted octanol–water partition coefficient (Wildman–Crippen LogP) is 4.21. The second-order valence-electron chi connectivity index (χ2n) is 3.13. The van der Waals surface area contributed by atoms with Crippen molar-refractivity contribution in [3.05, 3.63) is 41.6 Å². The molecule has 4 heteroatoms. The van der Waals surface area contributed by atoms with Gasteiger partial charge in [0.25, 0.3) is 0 Å². The number of thiophene rings is 1. The van der Waals surface area contributed by atoms with Crippen LogP contribution in [0.4, 0.5) is 0 Å². The van der Waals surface area contributed by atoms with Gasteiger partial charge in [0.05, 0.1) is 9.90 Å². The molecule has 0 atom stereocenters. The van der Waals surface area contributed by atoms with E-state index < -0.39 is 0 Å². The zero-order valence-electron chi connectivity index (χ0n) is 7.61. The van der Waals surface area contributed by atoms with Crippen LogP contribution in [0.3, 0.4) is 0 Å². The second-order valence-corrected chi connectivity index (χ2v) is 4.56. The van der Waals surface area contributed by atoms with Gasteiger partial charge in [0.15, 0.2) is 0 Å². The molecular formula is C11H6ClNOS. The molecule has 0 unspecified atom stereocenters. The summed E-state index contributed by atoms with van der Waals surface area (Å²) in [7, 11) is 0. The molecule has 0 aliphatic carbocycles. The smallest absolute Gasteiger partial charge is 0.125 e. The summed E-state index contributed by atoms with van der Waals surface area (Å²) in [5.41, 5.74) is 0.793. The number of hydrogen-bond acceptors (Lipinski definition) is 3. The summed E-state index contributed by atoms with van der Waals surface area (Å²) in [5.74, 6) is 0. The molecule has 0 bridgehead atoms. The Morgan fingerprint density at radius 1 is 1.20 bits per heavy atom. The number of aromatic nitrogens is 1. The first-order valence-corrected chi connectivity index (χ1v) is 5.63. The van der Waals surface area contributed by atoms with Crippen LogP contribution in [0.25, 0.3) is 20.7 Å². The highest BCUT2D eigenvalue weighted by Crippen LogP contribution is 2.40. The summed E-state index contributed by atoms with van der Waals surface area (Å²) in [6.45, 7) is 0. The zero-order valence-corrected chi connectivity index (χ0v) is 9.18. The Labute approximate surface area is 95.1 Å². The fourth-order valence-corrected chi connectivity index (χ4v) is 3.00. The molecule has 0 fully saturated rings. The summed E-state index contributed by atoms with van der Waals surface area (Å²) in [6.07, 6.45) is 1.55. The monoisotopic (exact) mass is 235 g/mol. The number of halogens is 1. The maximum Gasteiger partial charge on any atom is 0.125 e. The van der Waals surface area contributed by atoms with Crippen LogP contribution in [-0.4, -0.2) is 5.16 Å². The van der Waals surface area contributed by atoms with Crippen molar-refractivity contribution in [3.63, 3.8) is 0 Å². The van der Waals surface area contributed by atoms with Crippen molar-refractivity contribution >= 4 is 33.0 Å². The van der Waals surface area contributed by atoms with Crippen LogP contribution >= 0.6 is 22.9 Å². The summed E-state index contributed by atoms with van der Waals surface area (Å²) in [6, 6.07) is 9.86. The highest BCUT2D eigenvalue weighted by molar-refractivity contribution is 7.23. The van der Waals surface area contributed by atoms with Crippen molar-refractivity contribution < 1.29 is 4.52 Å². The van der Waals surface area contributed by atoms with Crippen molar-refractivity contribution in [2.45, 2.75) is 0 Å². The van der Waals surface area contributed by atoms with Gasteiger partial charge < -0.3 is 4.52 Å². The van der Waals surface area contributed by atoms with E-state index in [-0.39, 0.29) is 0 Å². The fraction of sp³-hybridized carbons (Fsp3) is 0. The van der Waals surface area contributed by atoms with Gasteiger partial charge in [0.1, 0.15) is 12.0 Å². The Balaban J connectivity index is 2.33. The molecule has 0 amide bonds. The van der Waals surface area contributed by atoms with E-state index in [0.29, 0.717) is 0 Å². The minimum absolute atomic E-state index is 0.754. The van der Waals surface area contributed by atoms with Crippen LogP contribution in [0, 0.1) is 0 Å². The molecule has 0 radical (unpaired) electrons. The molecule has 74 valence electrons. The predicted molar refractivity (Wildman–Crippen MR) is 62.3 cm³/mol. The molecule has 0 spiro atoms. The lowest BCUT2D eigenvalue weighted by Gasteiger charge is -1.89. The highest BCUT2D eigenvalue weighted by Gasteiger charge is 2.13. The molecule has 3 aromatic rings. The third kappa shape index (κ3) is 1.35. The van der Waals surface area contributed by atoms with E-state index in [2.05, 4.69) is 11.2 Å². The summed E-state index contributed by atoms with van der Waals surface area (Å²) in [5, 5.41) is 5.72. The van der Waals surface area contributed by atoms with Crippen LogP contribution in [-0.2, 0) is 0 Å². The van der Waals surface area contributed by atoms with Crippen molar-refractivity contribution in [1.82, 2.24) is 5.16 Å². The van der Waals surface area contributed by atoms with Crippen LogP contribution in [0.2, 0.25) is 5.02 Å². The minimum atomic E-state index is 0.754. The molecule has 2 aromatic heterocycles. The Hall–Kier alpha value is -1.32. The first-order chi connectivity index (χ1) is 7.36. The van der Waals surface area contributed by atoms with E-state index in [9.17, 15) is 0 Å². The summed E-state index contributed by atoms with van der Waals surface area (Å²) < 4.78 is 5.99. The Bertz CT molecular complexity index is 600. The van der Waals surface area contributed by atoms with Gasteiger partial charge in [-0.3, -0.25) is 0 Å². The zero-order chi connectivity index (χ0) is 10.3. The normalized spacial score (nSPS) is 11.0. The number of nitrogens with zero attached hydrogens (tertiary/aromatic N) is 1. The molecule has 2 nitrogen and oxygen atoms in total. The number of fused-ring (bicyclic) bond motifs is 1. The number of benzene rings is 1. The maximum atomic E-state index is 6.28. The molecular weight excluding hydrogens is 230 g/mol. The molecule has 0 saturated heterocycles. The molecule has 3 rings (SSSR count). The van der Waals surface area contributed by atoms with Gasteiger partial charge in [0.2, 0.25) is 0 Å². The largest absolute Gasteiger partial charge is 0.364 e. The molecule has 15 heavy (non-hydrogen) atoms. The molecule has 2 heterocycles. The van der Waals surface area contributed by atoms with Gasteiger partial charge in [-0.05, 0) is 6.07 Å².